The summed E-state index contributed by atoms with van der Waals surface area (Å²) in [6.07, 6.45) is -14.4. The van der Waals surface area contributed by atoms with Crippen LogP contribution in [0.3, 0.4) is 0 Å². The summed E-state index contributed by atoms with van der Waals surface area (Å²) >= 11 is 0. The van der Waals surface area contributed by atoms with Crippen LogP contribution in [0, 0.1) is 0 Å². The maximum absolute atomic E-state index is 13.9. The number of pyridine rings is 1. The van der Waals surface area contributed by atoms with E-state index in [1.807, 2.05) is 0 Å². The minimum Gasteiger partial charge on any atom is -0.338 e. The average Bonchev–Trinajstić information content (AvgIpc) is 3.23. The lowest BCUT2D eigenvalue weighted by Gasteiger charge is -2.43. The molecule has 2 saturated heterocycles. The predicted octanol–water partition coefficient (Wildman–Crippen LogP) is 6.62. The Morgan fingerprint density at radius 3 is 1.79 bits per heavy atom. The third kappa shape index (κ3) is 5.71. The van der Waals surface area contributed by atoms with Crippen molar-refractivity contribution in [3.05, 3.63) is 89.1 Å². The zero-order chi connectivity index (χ0) is 31.4. The zero-order valence-electron chi connectivity index (χ0n) is 21.9. The standard InChI is InChI=1S/C28H21F9N4O2/c29-26(30,31)18-6-7-22(38-15-18)40-16-41(21-4-2-1-3-5-21)25(24(40)43)8-10-39(11-9-25)23(42)17-12-19(27(32,33)34)14-20(13-17)28(35,36)37/h1-7,12-15H,8-11,16H2. The van der Waals surface area contributed by atoms with Crippen LogP contribution < -0.4 is 9.80 Å². The summed E-state index contributed by atoms with van der Waals surface area (Å²) in [7, 11) is 0. The smallest absolute Gasteiger partial charge is 0.338 e. The third-order valence-corrected chi connectivity index (χ3v) is 7.57. The van der Waals surface area contributed by atoms with Crippen molar-refractivity contribution in [2.45, 2.75) is 36.9 Å². The van der Waals surface area contributed by atoms with Crippen LogP contribution in [0.25, 0.3) is 0 Å². The third-order valence-electron chi connectivity index (χ3n) is 7.57. The summed E-state index contributed by atoms with van der Waals surface area (Å²) in [6, 6.07) is 11.1. The first-order chi connectivity index (χ1) is 20.0. The highest BCUT2D eigenvalue weighted by Crippen LogP contribution is 2.42. The summed E-state index contributed by atoms with van der Waals surface area (Å²) in [5, 5.41) is 0. The number of piperidine rings is 1. The van der Waals surface area contributed by atoms with E-state index in [1.54, 1.807) is 35.2 Å². The lowest BCUT2D eigenvalue weighted by Crippen LogP contribution is -2.57. The summed E-state index contributed by atoms with van der Waals surface area (Å²) in [5.74, 6) is -1.63. The van der Waals surface area contributed by atoms with Crippen molar-refractivity contribution in [1.29, 1.82) is 0 Å². The number of alkyl halides is 9. The van der Waals surface area contributed by atoms with Crippen molar-refractivity contribution >= 4 is 23.3 Å². The number of nitrogens with zero attached hydrogens (tertiary/aromatic N) is 4. The second kappa shape index (κ2) is 10.5. The molecule has 2 aliphatic rings. The molecule has 15 heteroatoms. The fourth-order valence-electron chi connectivity index (χ4n) is 5.36. The monoisotopic (exact) mass is 616 g/mol. The molecule has 0 unspecified atom stereocenters. The molecule has 6 nitrogen and oxygen atoms in total. The molecular formula is C28H21F9N4O2. The van der Waals surface area contributed by atoms with Gasteiger partial charge in [-0.05, 0) is 55.3 Å². The largest absolute Gasteiger partial charge is 0.417 e. The van der Waals surface area contributed by atoms with E-state index >= 15 is 0 Å². The zero-order valence-corrected chi connectivity index (χ0v) is 21.9. The predicted molar refractivity (Wildman–Crippen MR) is 135 cm³/mol. The molecule has 3 aromatic rings. The molecule has 2 aliphatic heterocycles. The molecule has 1 spiro atoms. The number of para-hydroxylation sites is 1. The van der Waals surface area contributed by atoms with Gasteiger partial charge in [0.2, 0.25) is 0 Å². The van der Waals surface area contributed by atoms with Crippen molar-refractivity contribution in [1.82, 2.24) is 9.88 Å². The lowest BCUT2D eigenvalue weighted by atomic mass is 9.85. The summed E-state index contributed by atoms with van der Waals surface area (Å²) in [5.41, 5.74) is -5.79. The van der Waals surface area contributed by atoms with Crippen LogP contribution in [-0.2, 0) is 23.3 Å². The molecule has 2 aromatic carbocycles. The Morgan fingerprint density at radius 2 is 1.30 bits per heavy atom. The Morgan fingerprint density at radius 1 is 0.744 bits per heavy atom. The van der Waals surface area contributed by atoms with Gasteiger partial charge in [0.15, 0.2) is 0 Å². The second-order valence-electron chi connectivity index (χ2n) is 10.2. The Kier molecular flexibility index (Phi) is 7.33. The molecule has 228 valence electrons. The number of amides is 2. The van der Waals surface area contributed by atoms with Gasteiger partial charge in [0, 0.05) is 30.5 Å². The highest BCUT2D eigenvalue weighted by molar-refractivity contribution is 6.06. The number of carbonyl (C=O) groups is 2. The molecule has 0 atom stereocenters. The minimum atomic E-state index is -5.13. The number of aromatic nitrogens is 1. The number of benzene rings is 2. The van der Waals surface area contributed by atoms with Crippen LogP contribution in [0.2, 0.25) is 0 Å². The first kappa shape index (κ1) is 30.2. The molecule has 2 fully saturated rings. The van der Waals surface area contributed by atoms with Gasteiger partial charge in [-0.3, -0.25) is 14.5 Å². The number of halogens is 9. The number of hydrogen-bond donors (Lipinski definition) is 0. The Hall–Kier alpha value is -4.30. The van der Waals surface area contributed by atoms with Gasteiger partial charge in [0.25, 0.3) is 11.8 Å². The first-order valence-electron chi connectivity index (χ1n) is 12.8. The van der Waals surface area contributed by atoms with Crippen LogP contribution in [0.4, 0.5) is 51.0 Å². The number of carbonyl (C=O) groups excluding carboxylic acids is 2. The van der Waals surface area contributed by atoms with Gasteiger partial charge in [-0.25, -0.2) is 4.98 Å². The molecule has 1 aromatic heterocycles. The van der Waals surface area contributed by atoms with E-state index in [1.165, 1.54) is 4.90 Å². The number of rotatable bonds is 3. The summed E-state index contributed by atoms with van der Waals surface area (Å²) in [6.45, 7) is -0.489. The SMILES string of the molecule is O=C(c1cc(C(F)(F)F)cc(C(F)(F)F)c1)N1CCC2(CC1)C(=O)N(c1ccc(C(F)(F)F)cn1)CN2c1ccccc1. The lowest BCUT2D eigenvalue weighted by molar-refractivity contribution is -0.143. The minimum absolute atomic E-state index is 0.0436. The van der Waals surface area contributed by atoms with Crippen molar-refractivity contribution in [3.63, 3.8) is 0 Å². The summed E-state index contributed by atoms with van der Waals surface area (Å²) in [4.78, 5) is 34.9. The van der Waals surface area contributed by atoms with Gasteiger partial charge < -0.3 is 9.80 Å². The molecule has 3 heterocycles. The Balaban J connectivity index is 1.44. The van der Waals surface area contributed by atoms with E-state index in [0.717, 1.165) is 17.0 Å². The highest BCUT2D eigenvalue weighted by atomic mass is 19.4. The Bertz CT molecular complexity index is 1480. The fraction of sp³-hybridized carbons (Fsp3) is 0.321. The normalized spacial score (nSPS) is 17.6. The van der Waals surface area contributed by atoms with E-state index in [4.69, 9.17) is 0 Å². The molecular weight excluding hydrogens is 595 g/mol. The first-order valence-corrected chi connectivity index (χ1v) is 12.8. The van der Waals surface area contributed by atoms with E-state index in [2.05, 4.69) is 4.98 Å². The van der Waals surface area contributed by atoms with Crippen LogP contribution in [0.1, 0.15) is 39.9 Å². The average molecular weight is 616 g/mol. The number of likely N-dealkylation sites (tertiary alicyclic amines) is 1. The van der Waals surface area contributed by atoms with E-state index < -0.39 is 58.1 Å². The fourth-order valence-corrected chi connectivity index (χ4v) is 5.36. The van der Waals surface area contributed by atoms with Gasteiger partial charge in [-0.15, -0.1) is 0 Å². The van der Waals surface area contributed by atoms with Gasteiger partial charge in [0.05, 0.1) is 16.7 Å². The topological polar surface area (TPSA) is 56.8 Å². The van der Waals surface area contributed by atoms with Crippen LogP contribution >= 0.6 is 0 Å². The maximum atomic E-state index is 13.9. The number of hydrogen-bond acceptors (Lipinski definition) is 4. The second-order valence-corrected chi connectivity index (χ2v) is 10.2. The van der Waals surface area contributed by atoms with Crippen molar-refractivity contribution in [3.8, 4) is 0 Å². The quantitative estimate of drug-likeness (QED) is 0.311. The Labute approximate surface area is 238 Å². The molecule has 0 saturated carbocycles. The molecule has 0 bridgehead atoms. The van der Waals surface area contributed by atoms with Gasteiger partial charge in [0.1, 0.15) is 18.0 Å². The molecule has 0 N–H and O–H groups in total. The van der Waals surface area contributed by atoms with Crippen molar-refractivity contribution < 1.29 is 49.1 Å². The van der Waals surface area contributed by atoms with E-state index in [0.29, 0.717) is 24.0 Å². The number of anilines is 2. The van der Waals surface area contributed by atoms with E-state index in [-0.39, 0.29) is 44.5 Å². The van der Waals surface area contributed by atoms with Crippen LogP contribution in [-0.4, -0.2) is 47.0 Å². The maximum Gasteiger partial charge on any atom is 0.417 e. The van der Waals surface area contributed by atoms with Crippen molar-refractivity contribution in [2.75, 3.05) is 29.6 Å². The van der Waals surface area contributed by atoms with Gasteiger partial charge >= 0.3 is 18.5 Å². The molecule has 0 radical (unpaired) electrons. The van der Waals surface area contributed by atoms with E-state index in [9.17, 15) is 49.1 Å². The summed E-state index contributed by atoms with van der Waals surface area (Å²) < 4.78 is 119. The molecule has 43 heavy (non-hydrogen) atoms. The van der Waals surface area contributed by atoms with Crippen molar-refractivity contribution in [2.24, 2.45) is 0 Å². The highest BCUT2D eigenvalue weighted by Gasteiger charge is 2.55. The molecule has 0 aliphatic carbocycles. The van der Waals surface area contributed by atoms with Crippen LogP contribution in [0.15, 0.2) is 66.9 Å². The molecule has 2 amide bonds. The van der Waals surface area contributed by atoms with Gasteiger partial charge in [-0.2, -0.15) is 39.5 Å². The van der Waals surface area contributed by atoms with Gasteiger partial charge in [-0.1, -0.05) is 18.2 Å². The van der Waals surface area contributed by atoms with Crippen LogP contribution in [0.5, 0.6) is 0 Å². The molecule has 5 rings (SSSR count).